The molecule has 0 aliphatic heterocycles. The van der Waals surface area contributed by atoms with E-state index in [9.17, 15) is 9.59 Å². The Kier molecular flexibility index (Phi) is 8.22. The zero-order valence-corrected chi connectivity index (χ0v) is 22.1. The molecule has 2 aromatic carbocycles. The second-order valence-corrected chi connectivity index (χ2v) is 10.9. The summed E-state index contributed by atoms with van der Waals surface area (Å²) in [6, 6.07) is 16.4. The molecule has 6 heteroatoms. The highest BCUT2D eigenvalue weighted by molar-refractivity contribution is 5.94. The SMILES string of the molecule is Cc1ccc(C(=O)NCCc2nc3ccccc3n2CC(=O)N(C2CCCCC2)C2CCCCC2)cc1. The highest BCUT2D eigenvalue weighted by Crippen LogP contribution is 2.31. The third-order valence-electron chi connectivity index (χ3n) is 8.20. The lowest BCUT2D eigenvalue weighted by molar-refractivity contribution is -0.138. The third kappa shape index (κ3) is 6.06. The average molecular weight is 501 g/mol. The van der Waals surface area contributed by atoms with Crippen LogP contribution in [0, 0.1) is 6.92 Å². The Bertz CT molecular complexity index is 1190. The summed E-state index contributed by atoms with van der Waals surface area (Å²) >= 11 is 0. The first-order valence-electron chi connectivity index (χ1n) is 14.2. The van der Waals surface area contributed by atoms with E-state index in [1.54, 1.807) is 0 Å². The number of hydrogen-bond acceptors (Lipinski definition) is 3. The van der Waals surface area contributed by atoms with Gasteiger partial charge in [0.2, 0.25) is 5.91 Å². The van der Waals surface area contributed by atoms with Gasteiger partial charge in [0, 0.05) is 30.6 Å². The maximum Gasteiger partial charge on any atom is 0.251 e. The molecule has 0 unspecified atom stereocenters. The summed E-state index contributed by atoms with van der Waals surface area (Å²) in [7, 11) is 0. The van der Waals surface area contributed by atoms with E-state index in [-0.39, 0.29) is 11.8 Å². The van der Waals surface area contributed by atoms with Gasteiger partial charge < -0.3 is 14.8 Å². The van der Waals surface area contributed by atoms with Crippen molar-refractivity contribution in [2.24, 2.45) is 0 Å². The molecule has 0 saturated heterocycles. The van der Waals surface area contributed by atoms with Gasteiger partial charge in [-0.1, -0.05) is 68.4 Å². The molecule has 3 aromatic rings. The molecule has 1 aromatic heterocycles. The van der Waals surface area contributed by atoms with Crippen LogP contribution in [0.15, 0.2) is 48.5 Å². The highest BCUT2D eigenvalue weighted by atomic mass is 16.2. The molecule has 0 bridgehead atoms. The van der Waals surface area contributed by atoms with Crippen molar-refractivity contribution >= 4 is 22.8 Å². The molecule has 196 valence electrons. The van der Waals surface area contributed by atoms with E-state index in [1.807, 2.05) is 49.4 Å². The molecular formula is C31H40N4O2. The number of para-hydroxylation sites is 2. The molecule has 6 nitrogen and oxygen atoms in total. The Morgan fingerprint density at radius 3 is 2.16 bits per heavy atom. The first-order chi connectivity index (χ1) is 18.1. The molecule has 2 amide bonds. The van der Waals surface area contributed by atoms with Gasteiger partial charge in [-0.3, -0.25) is 9.59 Å². The number of fused-ring (bicyclic) bond motifs is 1. The van der Waals surface area contributed by atoms with Crippen molar-refractivity contribution in [3.8, 4) is 0 Å². The van der Waals surface area contributed by atoms with E-state index < -0.39 is 0 Å². The Balaban J connectivity index is 1.33. The highest BCUT2D eigenvalue weighted by Gasteiger charge is 2.33. The molecule has 2 aliphatic rings. The largest absolute Gasteiger partial charge is 0.352 e. The van der Waals surface area contributed by atoms with Gasteiger partial charge in [0.15, 0.2) is 0 Å². The van der Waals surface area contributed by atoms with Crippen LogP contribution in [-0.4, -0.2) is 44.9 Å². The fourth-order valence-corrected chi connectivity index (χ4v) is 6.23. The normalized spacial score (nSPS) is 17.1. The molecule has 2 saturated carbocycles. The van der Waals surface area contributed by atoms with Crippen LogP contribution in [0.3, 0.4) is 0 Å². The van der Waals surface area contributed by atoms with Crippen molar-refractivity contribution < 1.29 is 9.59 Å². The maximum absolute atomic E-state index is 14.0. The van der Waals surface area contributed by atoms with Crippen LogP contribution >= 0.6 is 0 Å². The van der Waals surface area contributed by atoms with Crippen LogP contribution in [0.2, 0.25) is 0 Å². The Morgan fingerprint density at radius 1 is 0.892 bits per heavy atom. The van der Waals surface area contributed by atoms with E-state index in [0.29, 0.717) is 37.2 Å². The number of nitrogens with one attached hydrogen (secondary N) is 1. The molecule has 1 heterocycles. The van der Waals surface area contributed by atoms with Crippen LogP contribution in [0.5, 0.6) is 0 Å². The number of imidazole rings is 1. The lowest BCUT2D eigenvalue weighted by Gasteiger charge is -2.42. The number of benzene rings is 2. The van der Waals surface area contributed by atoms with Crippen LogP contribution in [0.4, 0.5) is 0 Å². The van der Waals surface area contributed by atoms with E-state index in [4.69, 9.17) is 4.98 Å². The summed E-state index contributed by atoms with van der Waals surface area (Å²) in [5, 5.41) is 3.03. The quantitative estimate of drug-likeness (QED) is 0.424. The number of nitrogens with zero attached hydrogens (tertiary/aromatic N) is 3. The number of aromatic nitrogens is 2. The summed E-state index contributed by atoms with van der Waals surface area (Å²) in [5.41, 5.74) is 3.68. The van der Waals surface area contributed by atoms with Crippen LogP contribution in [0.25, 0.3) is 11.0 Å². The van der Waals surface area contributed by atoms with Gasteiger partial charge in [-0.25, -0.2) is 4.98 Å². The smallest absolute Gasteiger partial charge is 0.251 e. The molecular weight excluding hydrogens is 460 g/mol. The average Bonchev–Trinajstić information content (AvgIpc) is 3.27. The summed E-state index contributed by atoms with van der Waals surface area (Å²) in [6.45, 7) is 2.80. The van der Waals surface area contributed by atoms with Crippen molar-refractivity contribution in [1.82, 2.24) is 19.8 Å². The van der Waals surface area contributed by atoms with E-state index >= 15 is 0 Å². The zero-order chi connectivity index (χ0) is 25.6. The molecule has 0 spiro atoms. The van der Waals surface area contributed by atoms with Crippen molar-refractivity contribution in [2.45, 2.75) is 96.2 Å². The summed E-state index contributed by atoms with van der Waals surface area (Å²) < 4.78 is 2.09. The van der Waals surface area contributed by atoms with Gasteiger partial charge in [0.1, 0.15) is 12.4 Å². The number of hydrogen-bond donors (Lipinski definition) is 1. The van der Waals surface area contributed by atoms with Crippen LogP contribution < -0.4 is 5.32 Å². The van der Waals surface area contributed by atoms with Crippen molar-refractivity contribution in [3.63, 3.8) is 0 Å². The molecule has 5 rings (SSSR count). The molecule has 37 heavy (non-hydrogen) atoms. The number of amides is 2. The summed E-state index contributed by atoms with van der Waals surface area (Å²) in [6.07, 6.45) is 12.6. The Labute approximate surface area is 220 Å². The molecule has 0 atom stereocenters. The summed E-state index contributed by atoms with van der Waals surface area (Å²) in [5.74, 6) is 0.998. The minimum absolute atomic E-state index is 0.0838. The van der Waals surface area contributed by atoms with Crippen molar-refractivity contribution in [2.75, 3.05) is 6.54 Å². The van der Waals surface area contributed by atoms with Gasteiger partial charge in [-0.2, -0.15) is 0 Å². The zero-order valence-electron chi connectivity index (χ0n) is 22.1. The van der Waals surface area contributed by atoms with Crippen molar-refractivity contribution in [1.29, 1.82) is 0 Å². The Hall–Kier alpha value is -3.15. The van der Waals surface area contributed by atoms with Gasteiger partial charge in [0.05, 0.1) is 11.0 Å². The van der Waals surface area contributed by atoms with Gasteiger partial charge in [-0.15, -0.1) is 0 Å². The molecule has 2 aliphatic carbocycles. The van der Waals surface area contributed by atoms with Gasteiger partial charge in [0.25, 0.3) is 5.91 Å². The van der Waals surface area contributed by atoms with Gasteiger partial charge >= 0.3 is 0 Å². The number of aryl methyl sites for hydroxylation is 1. The number of carbonyl (C=O) groups is 2. The van der Waals surface area contributed by atoms with Crippen LogP contribution in [-0.2, 0) is 17.8 Å². The van der Waals surface area contributed by atoms with E-state index in [0.717, 1.165) is 48.1 Å². The van der Waals surface area contributed by atoms with Crippen molar-refractivity contribution in [3.05, 3.63) is 65.5 Å². The topological polar surface area (TPSA) is 67.2 Å². The molecule has 0 radical (unpaired) electrons. The predicted octanol–water partition coefficient (Wildman–Crippen LogP) is 5.81. The summed E-state index contributed by atoms with van der Waals surface area (Å²) in [4.78, 5) is 33.8. The predicted molar refractivity (Wildman–Crippen MR) is 148 cm³/mol. The third-order valence-corrected chi connectivity index (χ3v) is 8.20. The number of carbonyl (C=O) groups excluding carboxylic acids is 2. The monoisotopic (exact) mass is 500 g/mol. The second kappa shape index (κ2) is 11.9. The molecule has 1 N–H and O–H groups in total. The lowest BCUT2D eigenvalue weighted by Crippen LogP contribution is -2.50. The fraction of sp³-hybridized carbons (Fsp3) is 0.516. The first kappa shape index (κ1) is 25.5. The maximum atomic E-state index is 14.0. The first-order valence-corrected chi connectivity index (χ1v) is 14.2. The molecule has 2 fully saturated rings. The minimum Gasteiger partial charge on any atom is -0.352 e. The van der Waals surface area contributed by atoms with E-state index in [2.05, 4.69) is 20.9 Å². The van der Waals surface area contributed by atoms with E-state index in [1.165, 1.54) is 38.5 Å². The Morgan fingerprint density at radius 2 is 1.51 bits per heavy atom. The van der Waals surface area contributed by atoms with Gasteiger partial charge in [-0.05, 0) is 56.9 Å². The number of rotatable bonds is 8. The fourth-order valence-electron chi connectivity index (χ4n) is 6.23. The standard InChI is InChI=1S/C31H40N4O2/c1-23-16-18-24(19-17-23)31(37)32-21-20-29-33-27-14-8-9-15-28(27)34(29)22-30(36)35(25-10-4-2-5-11-25)26-12-6-3-7-13-26/h8-9,14-19,25-26H,2-7,10-13,20-22H2,1H3,(H,32,37). The lowest BCUT2D eigenvalue weighted by atomic mass is 9.88. The minimum atomic E-state index is -0.0838. The second-order valence-electron chi connectivity index (χ2n) is 10.9. The van der Waals surface area contributed by atoms with Crippen LogP contribution in [0.1, 0.15) is 86.0 Å².